The Morgan fingerprint density at radius 1 is 1.22 bits per heavy atom. The van der Waals surface area contributed by atoms with Crippen LogP contribution in [0.15, 0.2) is 55.6 Å². The molecule has 0 aliphatic heterocycles. The van der Waals surface area contributed by atoms with Crippen LogP contribution in [-0.4, -0.2) is 18.5 Å². The standard InChI is InChI=1S/C19H25NO3/c1-4-6-13-18(21)20-17(16-11-8-7-9-12-16)14-23-19(22)15(3)10-5-2/h4-5,7-9,11-12,15,17H,1-2,6,10,13-14H2,3H3,(H,20,21)/t15?,17-/m0/s1. The van der Waals surface area contributed by atoms with Crippen LogP contribution in [0.2, 0.25) is 0 Å². The Balaban J connectivity index is 2.68. The van der Waals surface area contributed by atoms with Crippen molar-refractivity contribution in [1.82, 2.24) is 5.32 Å². The van der Waals surface area contributed by atoms with E-state index in [1.54, 1.807) is 19.1 Å². The molecule has 0 radical (unpaired) electrons. The molecule has 0 saturated heterocycles. The third-order valence-electron chi connectivity index (χ3n) is 3.43. The van der Waals surface area contributed by atoms with Crippen LogP contribution in [0.5, 0.6) is 0 Å². The Hall–Kier alpha value is -2.36. The maximum Gasteiger partial charge on any atom is 0.309 e. The van der Waals surface area contributed by atoms with Gasteiger partial charge in [0.25, 0.3) is 0 Å². The Kier molecular flexibility index (Phi) is 8.43. The predicted octanol–water partition coefficient (Wildman–Crippen LogP) is 3.57. The highest BCUT2D eigenvalue weighted by atomic mass is 16.5. The minimum absolute atomic E-state index is 0.0889. The first-order valence-electron chi connectivity index (χ1n) is 7.81. The number of ether oxygens (including phenoxy) is 1. The Morgan fingerprint density at radius 3 is 2.52 bits per heavy atom. The van der Waals surface area contributed by atoms with Crippen LogP contribution in [0, 0.1) is 5.92 Å². The van der Waals surface area contributed by atoms with Crippen molar-refractivity contribution in [2.45, 2.75) is 32.2 Å². The summed E-state index contributed by atoms with van der Waals surface area (Å²) in [5.41, 5.74) is 0.906. The van der Waals surface area contributed by atoms with Gasteiger partial charge in [-0.25, -0.2) is 0 Å². The fourth-order valence-electron chi connectivity index (χ4n) is 2.06. The van der Waals surface area contributed by atoms with Crippen molar-refractivity contribution >= 4 is 11.9 Å². The van der Waals surface area contributed by atoms with Crippen molar-refractivity contribution in [2.24, 2.45) is 5.92 Å². The van der Waals surface area contributed by atoms with Crippen molar-refractivity contribution in [2.75, 3.05) is 6.61 Å². The van der Waals surface area contributed by atoms with E-state index in [2.05, 4.69) is 18.5 Å². The third-order valence-corrected chi connectivity index (χ3v) is 3.43. The van der Waals surface area contributed by atoms with Gasteiger partial charge in [-0.1, -0.05) is 49.4 Å². The molecule has 23 heavy (non-hydrogen) atoms. The number of rotatable bonds is 10. The maximum atomic E-state index is 12.0. The molecule has 0 bridgehead atoms. The normalized spacial score (nSPS) is 12.7. The molecule has 0 spiro atoms. The van der Waals surface area contributed by atoms with Gasteiger partial charge in [0.05, 0.1) is 12.0 Å². The summed E-state index contributed by atoms with van der Waals surface area (Å²) in [6.07, 6.45) is 4.95. The van der Waals surface area contributed by atoms with E-state index in [4.69, 9.17) is 4.74 Å². The van der Waals surface area contributed by atoms with Gasteiger partial charge in [0.2, 0.25) is 5.91 Å². The summed E-state index contributed by atoms with van der Waals surface area (Å²) in [4.78, 5) is 23.9. The Labute approximate surface area is 138 Å². The lowest BCUT2D eigenvalue weighted by Crippen LogP contribution is -2.32. The zero-order valence-electron chi connectivity index (χ0n) is 13.7. The van der Waals surface area contributed by atoms with Gasteiger partial charge in [0.1, 0.15) is 6.61 Å². The van der Waals surface area contributed by atoms with Gasteiger partial charge in [-0.15, -0.1) is 13.2 Å². The van der Waals surface area contributed by atoms with E-state index in [0.717, 1.165) is 5.56 Å². The lowest BCUT2D eigenvalue weighted by molar-refractivity contribution is -0.149. The topological polar surface area (TPSA) is 55.4 Å². The van der Waals surface area contributed by atoms with Gasteiger partial charge >= 0.3 is 5.97 Å². The summed E-state index contributed by atoms with van der Waals surface area (Å²) < 4.78 is 5.36. The van der Waals surface area contributed by atoms with E-state index in [-0.39, 0.29) is 30.4 Å². The number of esters is 1. The largest absolute Gasteiger partial charge is 0.463 e. The number of carbonyl (C=O) groups is 2. The molecule has 1 aromatic carbocycles. The van der Waals surface area contributed by atoms with E-state index in [0.29, 0.717) is 19.3 Å². The van der Waals surface area contributed by atoms with Gasteiger partial charge < -0.3 is 10.1 Å². The van der Waals surface area contributed by atoms with Crippen LogP contribution in [0.3, 0.4) is 0 Å². The summed E-state index contributed by atoms with van der Waals surface area (Å²) in [7, 11) is 0. The smallest absolute Gasteiger partial charge is 0.309 e. The maximum absolute atomic E-state index is 12.0. The molecule has 0 aliphatic rings. The second-order valence-electron chi connectivity index (χ2n) is 5.41. The summed E-state index contributed by atoms with van der Waals surface area (Å²) in [5, 5.41) is 2.91. The number of benzene rings is 1. The summed E-state index contributed by atoms with van der Waals surface area (Å²) in [6, 6.07) is 9.13. The van der Waals surface area contributed by atoms with Gasteiger partial charge in [-0.3, -0.25) is 9.59 Å². The van der Waals surface area contributed by atoms with Gasteiger partial charge in [0.15, 0.2) is 0 Å². The third kappa shape index (κ3) is 6.96. The molecule has 1 amide bonds. The molecule has 1 rings (SSSR count). The molecule has 0 fully saturated rings. The van der Waals surface area contributed by atoms with Crippen LogP contribution in [0.4, 0.5) is 0 Å². The number of allylic oxidation sites excluding steroid dienone is 2. The van der Waals surface area contributed by atoms with Crippen molar-refractivity contribution in [3.05, 3.63) is 61.2 Å². The summed E-state index contributed by atoms with van der Waals surface area (Å²) >= 11 is 0. The first-order chi connectivity index (χ1) is 11.1. The van der Waals surface area contributed by atoms with Crippen LogP contribution >= 0.6 is 0 Å². The zero-order chi connectivity index (χ0) is 17.1. The quantitative estimate of drug-likeness (QED) is 0.530. The minimum Gasteiger partial charge on any atom is -0.463 e. The summed E-state index contributed by atoms with van der Waals surface area (Å²) in [5.74, 6) is -0.611. The fraction of sp³-hybridized carbons (Fsp3) is 0.368. The molecule has 0 heterocycles. The van der Waals surface area contributed by atoms with E-state index in [1.165, 1.54) is 0 Å². The zero-order valence-corrected chi connectivity index (χ0v) is 13.7. The first kappa shape index (κ1) is 18.7. The van der Waals surface area contributed by atoms with Crippen molar-refractivity contribution in [3.63, 3.8) is 0 Å². The monoisotopic (exact) mass is 315 g/mol. The summed E-state index contributed by atoms with van der Waals surface area (Å²) in [6.45, 7) is 9.14. The van der Waals surface area contributed by atoms with Gasteiger partial charge in [0, 0.05) is 6.42 Å². The Bertz CT molecular complexity index is 525. The molecule has 1 N–H and O–H groups in total. The highest BCUT2D eigenvalue weighted by Crippen LogP contribution is 2.15. The fourth-order valence-corrected chi connectivity index (χ4v) is 2.06. The SMILES string of the molecule is C=CCCC(=O)N[C@@H](COC(=O)C(C)CC=C)c1ccccc1. The number of carbonyl (C=O) groups excluding carboxylic acids is 2. The van der Waals surface area contributed by atoms with E-state index < -0.39 is 0 Å². The molecule has 0 saturated carbocycles. The second-order valence-corrected chi connectivity index (χ2v) is 5.41. The average molecular weight is 315 g/mol. The molecule has 2 atom stereocenters. The minimum atomic E-state index is -0.353. The molecular formula is C19H25NO3. The first-order valence-corrected chi connectivity index (χ1v) is 7.81. The number of hydrogen-bond donors (Lipinski definition) is 1. The molecule has 124 valence electrons. The molecular weight excluding hydrogens is 290 g/mol. The molecule has 1 aromatic rings. The van der Waals surface area contributed by atoms with E-state index in [9.17, 15) is 9.59 Å². The number of amides is 1. The van der Waals surface area contributed by atoms with Crippen LogP contribution in [-0.2, 0) is 14.3 Å². The number of nitrogens with one attached hydrogen (secondary N) is 1. The molecule has 4 nitrogen and oxygen atoms in total. The van der Waals surface area contributed by atoms with Crippen LogP contribution < -0.4 is 5.32 Å². The lowest BCUT2D eigenvalue weighted by atomic mass is 10.1. The van der Waals surface area contributed by atoms with Crippen molar-refractivity contribution in [1.29, 1.82) is 0 Å². The van der Waals surface area contributed by atoms with Crippen molar-refractivity contribution in [3.8, 4) is 0 Å². The van der Waals surface area contributed by atoms with Gasteiger partial charge in [-0.05, 0) is 18.4 Å². The van der Waals surface area contributed by atoms with E-state index >= 15 is 0 Å². The second kappa shape index (κ2) is 10.4. The highest BCUT2D eigenvalue weighted by Gasteiger charge is 2.19. The van der Waals surface area contributed by atoms with Crippen LogP contribution in [0.25, 0.3) is 0 Å². The predicted molar refractivity (Wildman–Crippen MR) is 91.7 cm³/mol. The number of hydrogen-bond acceptors (Lipinski definition) is 3. The molecule has 0 aromatic heterocycles. The molecule has 1 unspecified atom stereocenters. The highest BCUT2D eigenvalue weighted by molar-refractivity contribution is 5.76. The average Bonchev–Trinajstić information content (AvgIpc) is 2.57. The van der Waals surface area contributed by atoms with Gasteiger partial charge in [-0.2, -0.15) is 0 Å². The Morgan fingerprint density at radius 2 is 1.91 bits per heavy atom. The lowest BCUT2D eigenvalue weighted by Gasteiger charge is -2.20. The van der Waals surface area contributed by atoms with E-state index in [1.807, 2.05) is 30.3 Å². The van der Waals surface area contributed by atoms with Crippen molar-refractivity contribution < 1.29 is 14.3 Å². The van der Waals surface area contributed by atoms with Crippen LogP contribution in [0.1, 0.15) is 37.8 Å². The molecule has 0 aliphatic carbocycles. The molecule has 4 heteroatoms.